The van der Waals surface area contributed by atoms with Crippen LogP contribution in [-0.2, 0) is 0 Å². The van der Waals surface area contributed by atoms with E-state index in [4.69, 9.17) is 4.74 Å². The molecule has 1 aliphatic heterocycles. The smallest absolute Gasteiger partial charge is 0.160 e. The third kappa shape index (κ3) is 3.29. The van der Waals surface area contributed by atoms with Crippen molar-refractivity contribution in [2.24, 2.45) is 0 Å². The van der Waals surface area contributed by atoms with E-state index in [0.29, 0.717) is 11.8 Å². The largest absolute Gasteiger partial charge is 0.504 e. The zero-order chi connectivity index (χ0) is 15.4. The van der Waals surface area contributed by atoms with Crippen LogP contribution in [0.25, 0.3) is 0 Å². The fourth-order valence-corrected chi connectivity index (χ4v) is 2.92. The molecule has 1 saturated heterocycles. The number of ether oxygens (including phenoxy) is 1. The van der Waals surface area contributed by atoms with Gasteiger partial charge in [-0.1, -0.05) is 13.0 Å². The zero-order valence-corrected chi connectivity index (χ0v) is 12.9. The van der Waals surface area contributed by atoms with E-state index >= 15 is 0 Å². The van der Waals surface area contributed by atoms with Gasteiger partial charge in [0.2, 0.25) is 0 Å². The average Bonchev–Trinajstić information content (AvgIpc) is 2.50. The molecule has 2 unspecified atom stereocenters. The fourth-order valence-electron chi connectivity index (χ4n) is 2.92. The number of piperazine rings is 1. The van der Waals surface area contributed by atoms with Crippen LogP contribution in [0.15, 0.2) is 18.2 Å². The number of likely N-dealkylation sites (N-methyl/N-ethyl adjacent to an activating group) is 1. The Balaban J connectivity index is 2.22. The molecule has 0 aromatic heterocycles. The van der Waals surface area contributed by atoms with Gasteiger partial charge in [-0.2, -0.15) is 5.26 Å². The Morgan fingerprint density at radius 1 is 1.48 bits per heavy atom. The molecule has 1 aromatic carbocycles. The molecule has 5 nitrogen and oxygen atoms in total. The van der Waals surface area contributed by atoms with E-state index in [1.807, 2.05) is 0 Å². The minimum absolute atomic E-state index is 0.0989. The number of benzene rings is 1. The number of nitriles is 1. The zero-order valence-electron chi connectivity index (χ0n) is 12.9. The molecule has 2 rings (SSSR count). The second kappa shape index (κ2) is 6.79. The molecule has 21 heavy (non-hydrogen) atoms. The molecule has 0 amide bonds. The van der Waals surface area contributed by atoms with Gasteiger partial charge in [0.15, 0.2) is 11.5 Å². The molecular formula is C16H23N3O2. The number of hydrogen-bond acceptors (Lipinski definition) is 5. The van der Waals surface area contributed by atoms with Gasteiger partial charge in [-0.05, 0) is 31.2 Å². The van der Waals surface area contributed by atoms with Crippen LogP contribution in [0, 0.1) is 11.3 Å². The first kappa shape index (κ1) is 15.6. The van der Waals surface area contributed by atoms with Crippen LogP contribution in [0.3, 0.4) is 0 Å². The summed E-state index contributed by atoms with van der Waals surface area (Å²) in [5, 5.41) is 19.3. The quantitative estimate of drug-likeness (QED) is 0.918. The van der Waals surface area contributed by atoms with Crippen LogP contribution in [-0.4, -0.2) is 54.2 Å². The Hall–Kier alpha value is -1.77. The molecule has 0 radical (unpaired) electrons. The summed E-state index contributed by atoms with van der Waals surface area (Å²) in [6.07, 6.45) is 0. The predicted octanol–water partition coefficient (Wildman–Crippen LogP) is 1.99. The summed E-state index contributed by atoms with van der Waals surface area (Å²) < 4.78 is 5.14. The van der Waals surface area contributed by atoms with Crippen LogP contribution in [0.5, 0.6) is 11.5 Å². The number of methoxy groups -OCH3 is 1. The maximum atomic E-state index is 9.69. The maximum absolute atomic E-state index is 9.69. The predicted molar refractivity (Wildman–Crippen MR) is 81.3 cm³/mol. The van der Waals surface area contributed by atoms with Gasteiger partial charge in [0, 0.05) is 25.7 Å². The highest BCUT2D eigenvalue weighted by Gasteiger charge is 2.30. The molecule has 1 heterocycles. The van der Waals surface area contributed by atoms with E-state index in [0.717, 1.165) is 31.7 Å². The minimum Gasteiger partial charge on any atom is -0.504 e. The molecule has 1 aliphatic rings. The van der Waals surface area contributed by atoms with Gasteiger partial charge >= 0.3 is 0 Å². The summed E-state index contributed by atoms with van der Waals surface area (Å²) in [6.45, 7) is 8.19. The lowest BCUT2D eigenvalue weighted by atomic mass is 10.0. The van der Waals surface area contributed by atoms with Gasteiger partial charge in [-0.25, -0.2) is 0 Å². The summed E-state index contributed by atoms with van der Waals surface area (Å²) in [6, 6.07) is 7.54. The van der Waals surface area contributed by atoms with Crippen LogP contribution in [0.2, 0.25) is 0 Å². The number of phenolic OH excluding ortho intramolecular Hbond substituents is 1. The van der Waals surface area contributed by atoms with E-state index in [1.54, 1.807) is 18.2 Å². The van der Waals surface area contributed by atoms with E-state index in [2.05, 4.69) is 29.7 Å². The Bertz CT molecular complexity index is 527. The first-order valence-electron chi connectivity index (χ1n) is 7.35. The third-order valence-corrected chi connectivity index (χ3v) is 4.18. The first-order chi connectivity index (χ1) is 10.1. The van der Waals surface area contributed by atoms with Crippen molar-refractivity contribution in [3.63, 3.8) is 0 Å². The van der Waals surface area contributed by atoms with Crippen LogP contribution in [0.4, 0.5) is 0 Å². The summed E-state index contributed by atoms with van der Waals surface area (Å²) in [7, 11) is 1.52. The van der Waals surface area contributed by atoms with Crippen molar-refractivity contribution in [1.29, 1.82) is 5.26 Å². The topological polar surface area (TPSA) is 59.7 Å². The summed E-state index contributed by atoms with van der Waals surface area (Å²) in [4.78, 5) is 4.62. The standard InChI is InChI=1S/C16H23N3O2/c1-4-18-7-8-19(12(2)11-18)14(10-17)13-5-6-15(20)16(9-13)21-3/h5-6,9,12,14,20H,4,7-8,11H2,1-3H3. The first-order valence-corrected chi connectivity index (χ1v) is 7.35. The van der Waals surface area contributed by atoms with E-state index in [9.17, 15) is 10.4 Å². The highest BCUT2D eigenvalue weighted by Crippen LogP contribution is 2.32. The number of hydrogen-bond donors (Lipinski definition) is 1. The van der Waals surface area contributed by atoms with Crippen molar-refractivity contribution in [2.45, 2.75) is 25.9 Å². The van der Waals surface area contributed by atoms with Crippen molar-refractivity contribution in [2.75, 3.05) is 33.3 Å². The molecule has 1 N–H and O–H groups in total. The normalized spacial score (nSPS) is 21.7. The van der Waals surface area contributed by atoms with Gasteiger partial charge in [0.1, 0.15) is 6.04 Å². The van der Waals surface area contributed by atoms with E-state index in [1.165, 1.54) is 7.11 Å². The molecule has 0 bridgehead atoms. The molecule has 1 fully saturated rings. The van der Waals surface area contributed by atoms with Gasteiger partial charge in [-0.3, -0.25) is 4.90 Å². The molecule has 0 saturated carbocycles. The number of aromatic hydroxyl groups is 1. The molecule has 0 spiro atoms. The van der Waals surface area contributed by atoms with Crippen LogP contribution in [0.1, 0.15) is 25.5 Å². The molecule has 5 heteroatoms. The van der Waals surface area contributed by atoms with Crippen molar-refractivity contribution in [3.8, 4) is 17.6 Å². The second-order valence-electron chi connectivity index (χ2n) is 5.44. The summed E-state index contributed by atoms with van der Waals surface area (Å²) in [5.74, 6) is 0.509. The Labute approximate surface area is 126 Å². The molecule has 2 atom stereocenters. The highest BCUT2D eigenvalue weighted by atomic mass is 16.5. The van der Waals surface area contributed by atoms with E-state index in [-0.39, 0.29) is 11.8 Å². The Morgan fingerprint density at radius 2 is 2.24 bits per heavy atom. The highest BCUT2D eigenvalue weighted by molar-refractivity contribution is 5.43. The Morgan fingerprint density at radius 3 is 2.81 bits per heavy atom. The molecule has 1 aromatic rings. The lowest BCUT2D eigenvalue weighted by Gasteiger charge is -2.41. The minimum atomic E-state index is -0.312. The maximum Gasteiger partial charge on any atom is 0.160 e. The fraction of sp³-hybridized carbons (Fsp3) is 0.562. The molecule has 114 valence electrons. The lowest BCUT2D eigenvalue weighted by Crippen LogP contribution is -2.52. The number of phenols is 1. The Kier molecular flexibility index (Phi) is 5.05. The van der Waals surface area contributed by atoms with Crippen LogP contribution >= 0.6 is 0 Å². The molecular weight excluding hydrogens is 266 g/mol. The van der Waals surface area contributed by atoms with Crippen molar-refractivity contribution < 1.29 is 9.84 Å². The average molecular weight is 289 g/mol. The number of rotatable bonds is 4. The number of nitrogens with zero attached hydrogens (tertiary/aromatic N) is 3. The second-order valence-corrected chi connectivity index (χ2v) is 5.44. The summed E-state index contributed by atoms with van der Waals surface area (Å²) >= 11 is 0. The van der Waals surface area contributed by atoms with Gasteiger partial charge < -0.3 is 14.7 Å². The molecule has 0 aliphatic carbocycles. The van der Waals surface area contributed by atoms with Gasteiger partial charge in [0.05, 0.1) is 13.2 Å². The monoisotopic (exact) mass is 289 g/mol. The van der Waals surface area contributed by atoms with Crippen molar-refractivity contribution >= 4 is 0 Å². The SMILES string of the molecule is CCN1CCN(C(C#N)c2ccc(O)c(OC)c2)C(C)C1. The van der Waals surface area contributed by atoms with E-state index < -0.39 is 0 Å². The van der Waals surface area contributed by atoms with Gasteiger partial charge in [-0.15, -0.1) is 0 Å². The summed E-state index contributed by atoms with van der Waals surface area (Å²) in [5.41, 5.74) is 0.865. The van der Waals surface area contributed by atoms with Crippen molar-refractivity contribution in [3.05, 3.63) is 23.8 Å². The lowest BCUT2D eigenvalue weighted by molar-refractivity contribution is 0.0682. The van der Waals surface area contributed by atoms with Gasteiger partial charge in [0.25, 0.3) is 0 Å². The van der Waals surface area contributed by atoms with Crippen molar-refractivity contribution in [1.82, 2.24) is 9.80 Å². The van der Waals surface area contributed by atoms with Crippen LogP contribution < -0.4 is 4.74 Å². The third-order valence-electron chi connectivity index (χ3n) is 4.18.